The molecule has 0 unspecified atom stereocenters. The van der Waals surface area contributed by atoms with Gasteiger partial charge in [0.15, 0.2) is 11.5 Å². The molecule has 0 N–H and O–H groups in total. The maximum absolute atomic E-state index is 11.6. The van der Waals surface area contributed by atoms with Crippen LogP contribution in [-0.2, 0) is 9.47 Å². The van der Waals surface area contributed by atoms with Gasteiger partial charge in [-0.15, -0.1) is 0 Å². The third-order valence-corrected chi connectivity index (χ3v) is 3.95. The van der Waals surface area contributed by atoms with Gasteiger partial charge >= 0.3 is 6.16 Å². The first-order chi connectivity index (χ1) is 11.6. The van der Waals surface area contributed by atoms with Crippen LogP contribution in [-0.4, -0.2) is 63.2 Å². The highest BCUT2D eigenvalue weighted by molar-refractivity contribution is 7.80. The average Bonchev–Trinajstić information content (AvgIpc) is 2.62. The maximum Gasteiger partial charge on any atom is 0.514 e. The van der Waals surface area contributed by atoms with E-state index in [9.17, 15) is 4.79 Å². The molecule has 1 saturated heterocycles. The van der Waals surface area contributed by atoms with E-state index in [1.807, 2.05) is 0 Å². The molecule has 2 rings (SSSR count). The second kappa shape index (κ2) is 8.70. The zero-order valence-corrected chi connectivity index (χ0v) is 14.8. The van der Waals surface area contributed by atoms with Crippen LogP contribution in [0.1, 0.15) is 12.5 Å². The smallest absolute Gasteiger partial charge is 0.493 e. The predicted molar refractivity (Wildman–Crippen MR) is 91.3 cm³/mol. The molecule has 1 aliphatic heterocycles. The largest absolute Gasteiger partial charge is 0.514 e. The van der Waals surface area contributed by atoms with Crippen molar-refractivity contribution in [2.45, 2.75) is 6.92 Å². The Labute approximate surface area is 146 Å². The molecule has 24 heavy (non-hydrogen) atoms. The molecule has 1 aliphatic rings. The summed E-state index contributed by atoms with van der Waals surface area (Å²) < 4.78 is 26.0. The first-order valence-corrected chi connectivity index (χ1v) is 7.99. The van der Waals surface area contributed by atoms with E-state index < -0.39 is 6.16 Å². The Kier molecular flexibility index (Phi) is 6.62. The second-order valence-corrected chi connectivity index (χ2v) is 5.29. The van der Waals surface area contributed by atoms with Gasteiger partial charge in [0.25, 0.3) is 0 Å². The molecule has 1 heterocycles. The van der Waals surface area contributed by atoms with Crippen molar-refractivity contribution in [2.75, 3.05) is 47.1 Å². The Morgan fingerprint density at radius 1 is 1.21 bits per heavy atom. The van der Waals surface area contributed by atoms with Gasteiger partial charge in [-0.25, -0.2) is 4.79 Å². The van der Waals surface area contributed by atoms with E-state index >= 15 is 0 Å². The molecule has 0 saturated carbocycles. The fourth-order valence-electron chi connectivity index (χ4n) is 2.28. The third kappa shape index (κ3) is 4.27. The number of hydrogen-bond acceptors (Lipinski definition) is 7. The molecular weight excluding hydrogens is 334 g/mol. The minimum atomic E-state index is -0.822. The van der Waals surface area contributed by atoms with Gasteiger partial charge in [-0.2, -0.15) is 0 Å². The summed E-state index contributed by atoms with van der Waals surface area (Å²) in [5.41, 5.74) is 0.747. The topological polar surface area (TPSA) is 66.5 Å². The molecule has 0 bridgehead atoms. The third-order valence-electron chi connectivity index (χ3n) is 3.45. The normalized spacial score (nSPS) is 14.0. The van der Waals surface area contributed by atoms with E-state index in [-0.39, 0.29) is 12.4 Å². The number of rotatable bonds is 5. The van der Waals surface area contributed by atoms with E-state index in [1.165, 1.54) is 14.2 Å². The summed E-state index contributed by atoms with van der Waals surface area (Å²) >= 11 is 5.56. The fraction of sp³-hybridized carbons (Fsp3) is 0.500. The Bertz CT molecular complexity index is 575. The molecule has 1 fully saturated rings. The van der Waals surface area contributed by atoms with Gasteiger partial charge in [0.1, 0.15) is 4.99 Å². The van der Waals surface area contributed by atoms with Gasteiger partial charge in [0.2, 0.25) is 5.75 Å². The van der Waals surface area contributed by atoms with Crippen LogP contribution >= 0.6 is 12.2 Å². The van der Waals surface area contributed by atoms with Crippen molar-refractivity contribution in [3.05, 3.63) is 17.7 Å². The number of carbonyl (C=O) groups excluding carboxylic acids is 1. The van der Waals surface area contributed by atoms with Crippen molar-refractivity contribution in [1.82, 2.24) is 4.90 Å². The van der Waals surface area contributed by atoms with Crippen LogP contribution in [0.5, 0.6) is 17.2 Å². The van der Waals surface area contributed by atoms with Crippen LogP contribution in [0.25, 0.3) is 0 Å². The van der Waals surface area contributed by atoms with Gasteiger partial charge in [-0.05, 0) is 19.1 Å². The van der Waals surface area contributed by atoms with Gasteiger partial charge in [-0.1, -0.05) is 12.2 Å². The van der Waals surface area contributed by atoms with E-state index in [1.54, 1.807) is 19.1 Å². The lowest BCUT2D eigenvalue weighted by Gasteiger charge is -2.29. The molecule has 1 aromatic carbocycles. The van der Waals surface area contributed by atoms with Gasteiger partial charge < -0.3 is 28.6 Å². The number of thiocarbonyl (C=S) groups is 1. The number of methoxy groups -OCH3 is 2. The number of morpholine rings is 1. The monoisotopic (exact) mass is 355 g/mol. The summed E-state index contributed by atoms with van der Waals surface area (Å²) in [5, 5.41) is 0. The molecule has 0 spiro atoms. The molecular formula is C16H21NO6S. The summed E-state index contributed by atoms with van der Waals surface area (Å²) in [4.78, 5) is 14.3. The van der Waals surface area contributed by atoms with Crippen molar-refractivity contribution in [3.63, 3.8) is 0 Å². The van der Waals surface area contributed by atoms with Crippen molar-refractivity contribution >= 4 is 23.4 Å². The molecule has 0 aliphatic carbocycles. The van der Waals surface area contributed by atoms with Crippen molar-refractivity contribution < 1.29 is 28.5 Å². The minimum Gasteiger partial charge on any atom is -0.493 e. The molecule has 0 atom stereocenters. The summed E-state index contributed by atoms with van der Waals surface area (Å²) in [5.74, 6) is 0.841. The quantitative estimate of drug-likeness (QED) is 0.453. The summed E-state index contributed by atoms with van der Waals surface area (Å²) in [6.07, 6.45) is -0.822. The van der Waals surface area contributed by atoms with Crippen molar-refractivity contribution in [1.29, 1.82) is 0 Å². The van der Waals surface area contributed by atoms with Crippen LogP contribution in [0.3, 0.4) is 0 Å². The van der Waals surface area contributed by atoms with E-state index in [0.717, 1.165) is 18.7 Å². The highest BCUT2D eigenvalue weighted by atomic mass is 32.1. The SMILES string of the molecule is CCOC(=O)Oc1c(OC)cc(C(=S)N2CCOCC2)cc1OC. The van der Waals surface area contributed by atoms with Gasteiger partial charge in [-0.3, -0.25) is 0 Å². The van der Waals surface area contributed by atoms with E-state index in [2.05, 4.69) is 4.90 Å². The maximum atomic E-state index is 11.6. The summed E-state index contributed by atoms with van der Waals surface area (Å²) in [6.45, 7) is 4.63. The van der Waals surface area contributed by atoms with Crippen LogP contribution in [0.4, 0.5) is 4.79 Å². The zero-order chi connectivity index (χ0) is 17.5. The van der Waals surface area contributed by atoms with Crippen LogP contribution in [0.2, 0.25) is 0 Å². The highest BCUT2D eigenvalue weighted by Crippen LogP contribution is 2.39. The highest BCUT2D eigenvalue weighted by Gasteiger charge is 2.22. The number of hydrogen-bond donors (Lipinski definition) is 0. The molecule has 7 nitrogen and oxygen atoms in total. The summed E-state index contributed by atoms with van der Waals surface area (Å²) in [7, 11) is 2.96. The van der Waals surface area contributed by atoms with Crippen molar-refractivity contribution in [2.24, 2.45) is 0 Å². The van der Waals surface area contributed by atoms with Gasteiger partial charge in [0, 0.05) is 18.7 Å². The molecule has 0 aromatic heterocycles. The Morgan fingerprint density at radius 3 is 2.29 bits per heavy atom. The van der Waals surface area contributed by atoms with E-state index in [4.69, 9.17) is 35.9 Å². The standard InChI is InChI=1S/C16H21NO6S/c1-4-22-16(18)23-14-12(19-2)9-11(10-13(14)20-3)15(24)17-5-7-21-8-6-17/h9-10H,4-8H2,1-3H3. The molecule has 0 radical (unpaired) electrons. The number of benzene rings is 1. The van der Waals surface area contributed by atoms with Crippen LogP contribution in [0, 0.1) is 0 Å². The second-order valence-electron chi connectivity index (χ2n) is 4.90. The van der Waals surface area contributed by atoms with E-state index in [0.29, 0.717) is 29.7 Å². The van der Waals surface area contributed by atoms with Gasteiger partial charge in [0.05, 0.1) is 34.0 Å². The average molecular weight is 355 g/mol. The summed E-state index contributed by atoms with van der Waals surface area (Å²) in [6, 6.07) is 3.43. The molecule has 0 amide bonds. The Balaban J connectivity index is 2.31. The lowest BCUT2D eigenvalue weighted by Crippen LogP contribution is -2.40. The lowest BCUT2D eigenvalue weighted by molar-refractivity contribution is 0.0692. The van der Waals surface area contributed by atoms with Crippen LogP contribution < -0.4 is 14.2 Å². The first kappa shape index (κ1) is 18.3. The minimum absolute atomic E-state index is 0.159. The number of ether oxygens (including phenoxy) is 5. The fourth-order valence-corrected chi connectivity index (χ4v) is 2.58. The Morgan fingerprint density at radius 2 is 1.79 bits per heavy atom. The van der Waals surface area contributed by atoms with Crippen molar-refractivity contribution in [3.8, 4) is 17.2 Å². The predicted octanol–water partition coefficient (Wildman–Crippen LogP) is 2.25. The molecule has 1 aromatic rings. The number of nitrogens with zero attached hydrogens (tertiary/aromatic N) is 1. The van der Waals surface area contributed by atoms with Crippen LogP contribution in [0.15, 0.2) is 12.1 Å². The molecule has 8 heteroatoms. The zero-order valence-electron chi connectivity index (χ0n) is 14.0. The molecule has 132 valence electrons. The Hall–Kier alpha value is -2.06. The first-order valence-electron chi connectivity index (χ1n) is 7.58. The lowest BCUT2D eigenvalue weighted by atomic mass is 10.1. The number of carbonyl (C=O) groups is 1.